The highest BCUT2D eigenvalue weighted by Gasteiger charge is 2.38. The number of amides is 1. The third-order valence-corrected chi connectivity index (χ3v) is 7.48. The molecule has 0 bridgehead atoms. The van der Waals surface area contributed by atoms with Crippen molar-refractivity contribution in [3.8, 4) is 11.6 Å². The Labute approximate surface area is 209 Å². The van der Waals surface area contributed by atoms with E-state index in [4.69, 9.17) is 40.2 Å². The van der Waals surface area contributed by atoms with Crippen LogP contribution in [0.3, 0.4) is 0 Å². The van der Waals surface area contributed by atoms with E-state index in [9.17, 15) is 9.59 Å². The summed E-state index contributed by atoms with van der Waals surface area (Å²) < 4.78 is 7.87. The molecule has 1 amide bonds. The molecule has 5 rings (SSSR count). The van der Waals surface area contributed by atoms with Gasteiger partial charge in [-0.2, -0.15) is 4.98 Å². The zero-order chi connectivity index (χ0) is 23.1. The van der Waals surface area contributed by atoms with Gasteiger partial charge in [0, 0.05) is 17.3 Å². The van der Waals surface area contributed by atoms with Crippen LogP contribution in [0.25, 0.3) is 11.7 Å². The summed E-state index contributed by atoms with van der Waals surface area (Å²) in [5.74, 6) is 0.146. The van der Waals surface area contributed by atoms with Crippen LogP contribution in [0, 0.1) is 0 Å². The van der Waals surface area contributed by atoms with Crippen LogP contribution >= 0.6 is 47.2 Å². The second kappa shape index (κ2) is 9.10. The van der Waals surface area contributed by atoms with Crippen LogP contribution in [0.1, 0.15) is 31.2 Å². The van der Waals surface area contributed by atoms with Crippen LogP contribution in [0.5, 0.6) is 11.6 Å². The summed E-state index contributed by atoms with van der Waals surface area (Å²) in [7, 11) is 0. The van der Waals surface area contributed by atoms with Gasteiger partial charge in [-0.25, -0.2) is 0 Å². The number of rotatable bonds is 4. The second-order valence-electron chi connectivity index (χ2n) is 7.73. The van der Waals surface area contributed by atoms with Gasteiger partial charge in [0.2, 0.25) is 5.88 Å². The quantitative estimate of drug-likeness (QED) is 0.315. The van der Waals surface area contributed by atoms with E-state index in [0.717, 1.165) is 25.7 Å². The maximum Gasteiger partial charge on any atom is 0.269 e. The van der Waals surface area contributed by atoms with Crippen molar-refractivity contribution in [1.29, 1.82) is 0 Å². The van der Waals surface area contributed by atoms with Crippen molar-refractivity contribution < 1.29 is 9.53 Å². The number of hydrogen-bond acceptors (Lipinski definition) is 6. The Kier molecular flexibility index (Phi) is 6.18. The predicted octanol–water partition coefficient (Wildman–Crippen LogP) is 5.94. The molecule has 1 saturated carbocycles. The number of halogens is 2. The van der Waals surface area contributed by atoms with Crippen LogP contribution in [0.15, 0.2) is 52.3 Å². The Morgan fingerprint density at radius 3 is 2.70 bits per heavy atom. The number of nitrogens with zero attached hydrogens (tertiary/aromatic N) is 3. The number of benzene rings is 1. The van der Waals surface area contributed by atoms with Crippen molar-refractivity contribution in [3.05, 3.63) is 73.5 Å². The van der Waals surface area contributed by atoms with Crippen LogP contribution in [-0.2, 0) is 4.79 Å². The van der Waals surface area contributed by atoms with Crippen molar-refractivity contribution in [1.82, 2.24) is 14.3 Å². The van der Waals surface area contributed by atoms with Crippen LogP contribution in [-0.4, -0.2) is 30.6 Å². The third-order valence-electron chi connectivity index (χ3n) is 5.62. The minimum absolute atomic E-state index is 0.0431. The van der Waals surface area contributed by atoms with Crippen molar-refractivity contribution in [3.63, 3.8) is 0 Å². The number of fused-ring (bicyclic) bond motifs is 1. The summed E-state index contributed by atoms with van der Waals surface area (Å²) in [6.45, 7) is 0. The van der Waals surface area contributed by atoms with Crippen molar-refractivity contribution in [2.24, 2.45) is 0 Å². The van der Waals surface area contributed by atoms with Gasteiger partial charge in [0.25, 0.3) is 11.5 Å². The number of thioether (sulfide) groups is 1. The minimum Gasteiger partial charge on any atom is -0.437 e. The largest absolute Gasteiger partial charge is 0.437 e. The van der Waals surface area contributed by atoms with Gasteiger partial charge in [-0.15, -0.1) is 0 Å². The van der Waals surface area contributed by atoms with Gasteiger partial charge in [0.1, 0.15) is 21.3 Å². The molecule has 2 aliphatic rings. The molecule has 3 heterocycles. The Bertz CT molecular complexity index is 1380. The van der Waals surface area contributed by atoms with Crippen LogP contribution < -0.4 is 10.3 Å². The van der Waals surface area contributed by atoms with Gasteiger partial charge >= 0.3 is 0 Å². The summed E-state index contributed by atoms with van der Waals surface area (Å²) in [4.78, 5) is 33.1. The molecule has 1 aliphatic heterocycles. The van der Waals surface area contributed by atoms with Gasteiger partial charge in [-0.05, 0) is 49.2 Å². The highest BCUT2D eigenvalue weighted by atomic mass is 35.5. The van der Waals surface area contributed by atoms with Crippen LogP contribution in [0.4, 0.5) is 0 Å². The van der Waals surface area contributed by atoms with E-state index >= 15 is 0 Å². The fourth-order valence-electron chi connectivity index (χ4n) is 4.03. The fraction of sp³-hybridized carbons (Fsp3) is 0.217. The molecular formula is C23H17Cl2N3O3S2. The first-order chi connectivity index (χ1) is 15.9. The van der Waals surface area contributed by atoms with Crippen molar-refractivity contribution in [2.45, 2.75) is 31.7 Å². The monoisotopic (exact) mass is 517 g/mol. The summed E-state index contributed by atoms with van der Waals surface area (Å²) >= 11 is 18.9. The maximum absolute atomic E-state index is 13.4. The smallest absolute Gasteiger partial charge is 0.269 e. The Balaban J connectivity index is 1.61. The number of carbonyl (C=O) groups is 1. The molecule has 1 aliphatic carbocycles. The molecule has 168 valence electrons. The molecule has 1 saturated heterocycles. The van der Waals surface area contributed by atoms with Gasteiger partial charge in [-0.1, -0.05) is 66.1 Å². The molecular weight excluding hydrogens is 501 g/mol. The van der Waals surface area contributed by atoms with E-state index < -0.39 is 0 Å². The van der Waals surface area contributed by atoms with E-state index in [1.54, 1.807) is 47.5 Å². The fourth-order valence-corrected chi connectivity index (χ4v) is 5.86. The highest BCUT2D eigenvalue weighted by Crippen LogP contribution is 2.39. The van der Waals surface area contributed by atoms with E-state index in [0.29, 0.717) is 25.6 Å². The summed E-state index contributed by atoms with van der Waals surface area (Å²) in [5, 5.41) is 0.728. The number of ether oxygens (including phenoxy) is 1. The molecule has 10 heteroatoms. The molecule has 0 atom stereocenters. The lowest BCUT2D eigenvalue weighted by atomic mass is 10.2. The first-order valence-electron chi connectivity index (χ1n) is 10.3. The molecule has 1 aromatic carbocycles. The number of thiocarbonyl (C=S) groups is 1. The average molecular weight is 518 g/mol. The Morgan fingerprint density at radius 1 is 1.15 bits per heavy atom. The van der Waals surface area contributed by atoms with Crippen LogP contribution in [0.2, 0.25) is 10.0 Å². The lowest BCUT2D eigenvalue weighted by Crippen LogP contribution is -2.36. The highest BCUT2D eigenvalue weighted by molar-refractivity contribution is 8.26. The zero-order valence-corrected chi connectivity index (χ0v) is 20.3. The normalized spacial score (nSPS) is 18.1. The first-order valence-corrected chi connectivity index (χ1v) is 12.3. The van der Waals surface area contributed by atoms with Gasteiger partial charge in [-0.3, -0.25) is 18.9 Å². The SMILES string of the molecule is O=C1/C(=C\c2c(Oc3ccc(Cl)cc3Cl)nc3ccccn3c2=O)SC(=S)N1C1CCCC1. The maximum atomic E-state index is 13.4. The summed E-state index contributed by atoms with van der Waals surface area (Å²) in [5.41, 5.74) is 0.168. The third kappa shape index (κ3) is 4.28. The Hall–Kier alpha value is -2.39. The molecule has 0 radical (unpaired) electrons. The molecule has 0 spiro atoms. The second-order valence-corrected chi connectivity index (χ2v) is 10.3. The molecule has 33 heavy (non-hydrogen) atoms. The molecule has 2 aromatic heterocycles. The predicted molar refractivity (Wildman–Crippen MR) is 135 cm³/mol. The molecule has 0 unspecified atom stereocenters. The molecule has 2 fully saturated rings. The van der Waals surface area contributed by atoms with E-state index in [2.05, 4.69) is 4.98 Å². The first kappa shape index (κ1) is 22.4. The standard InChI is InChI=1S/C23H17Cl2N3O3S2/c24-13-8-9-17(16(25)11-13)31-20-15(21(29)27-10-4-3-7-19(27)26-20)12-18-22(30)28(23(32)33-18)14-5-1-2-6-14/h3-4,7-12,14H,1-2,5-6H2/b18-12+. The van der Waals surface area contributed by atoms with Gasteiger partial charge in [0.15, 0.2) is 0 Å². The number of carbonyl (C=O) groups excluding carboxylic acids is 1. The molecule has 0 N–H and O–H groups in total. The topological polar surface area (TPSA) is 63.9 Å². The minimum atomic E-state index is -0.369. The van der Waals surface area contributed by atoms with E-state index in [1.807, 2.05) is 0 Å². The Morgan fingerprint density at radius 2 is 1.94 bits per heavy atom. The average Bonchev–Trinajstić information content (AvgIpc) is 3.40. The van der Waals surface area contributed by atoms with Crippen molar-refractivity contribution >= 4 is 69.1 Å². The van der Waals surface area contributed by atoms with Gasteiger partial charge in [0.05, 0.1) is 9.93 Å². The van der Waals surface area contributed by atoms with Gasteiger partial charge < -0.3 is 4.74 Å². The van der Waals surface area contributed by atoms with E-state index in [-0.39, 0.29) is 34.0 Å². The summed E-state index contributed by atoms with van der Waals surface area (Å²) in [6.07, 6.45) is 7.16. The van der Waals surface area contributed by atoms with E-state index in [1.165, 1.54) is 22.2 Å². The lowest BCUT2D eigenvalue weighted by molar-refractivity contribution is -0.123. The lowest BCUT2D eigenvalue weighted by Gasteiger charge is -2.21. The number of pyridine rings is 1. The zero-order valence-electron chi connectivity index (χ0n) is 17.2. The number of hydrogen-bond donors (Lipinski definition) is 0. The van der Waals surface area contributed by atoms with Crippen molar-refractivity contribution in [2.75, 3.05) is 0 Å². The molecule has 6 nitrogen and oxygen atoms in total. The summed E-state index contributed by atoms with van der Waals surface area (Å²) in [6, 6.07) is 10.1. The number of aromatic nitrogens is 2. The molecule has 3 aromatic rings.